The summed E-state index contributed by atoms with van der Waals surface area (Å²) in [6.45, 7) is 1.14. The van der Waals surface area contributed by atoms with E-state index in [-0.39, 0.29) is 29.4 Å². The summed E-state index contributed by atoms with van der Waals surface area (Å²) < 4.78 is 24.0. The first-order valence-electron chi connectivity index (χ1n) is 6.60. The predicted octanol–water partition coefficient (Wildman–Crippen LogP) is -0.980. The van der Waals surface area contributed by atoms with Crippen LogP contribution in [0.15, 0.2) is 23.3 Å². The molecule has 1 unspecified atom stereocenters. The zero-order valence-corrected chi connectivity index (χ0v) is 12.2. The number of piperidine rings is 1. The molecule has 0 aromatic carbocycles. The van der Waals surface area contributed by atoms with E-state index in [1.807, 2.05) is 0 Å². The molecule has 0 radical (unpaired) electrons. The zero-order chi connectivity index (χ0) is 15.5. The van der Waals surface area contributed by atoms with Gasteiger partial charge in [-0.15, -0.1) is 0 Å². The minimum Gasteiger partial charge on any atom is -0.367 e. The fourth-order valence-corrected chi connectivity index (χ4v) is 2.87. The molecule has 1 amide bonds. The van der Waals surface area contributed by atoms with Crippen LogP contribution in [0.3, 0.4) is 0 Å². The third-order valence-electron chi connectivity index (χ3n) is 3.43. The van der Waals surface area contributed by atoms with Crippen molar-refractivity contribution in [1.82, 2.24) is 14.6 Å². The van der Waals surface area contributed by atoms with Gasteiger partial charge in [0, 0.05) is 38.1 Å². The molecule has 116 valence electrons. The number of carbonyl (C=O) groups excluding carboxylic acids is 1. The van der Waals surface area contributed by atoms with Crippen LogP contribution in [0.5, 0.6) is 0 Å². The van der Waals surface area contributed by atoms with E-state index in [0.717, 1.165) is 12.8 Å². The largest absolute Gasteiger partial charge is 0.367 e. The molecule has 0 saturated carbocycles. The summed E-state index contributed by atoms with van der Waals surface area (Å²) in [4.78, 5) is 28.3. The van der Waals surface area contributed by atoms with Crippen LogP contribution in [0.2, 0.25) is 0 Å². The van der Waals surface area contributed by atoms with Gasteiger partial charge in [0.15, 0.2) is 5.43 Å². The lowest BCUT2D eigenvalue weighted by Gasteiger charge is -2.32. The smallest absolute Gasteiger partial charge is 0.274 e. The Hall–Kier alpha value is -1.71. The summed E-state index contributed by atoms with van der Waals surface area (Å²) >= 11 is 0. The van der Waals surface area contributed by atoms with Gasteiger partial charge in [0.1, 0.15) is 5.56 Å². The molecule has 1 aromatic heterocycles. The van der Waals surface area contributed by atoms with Crippen LogP contribution >= 0.6 is 0 Å². The molecule has 9 heteroatoms. The van der Waals surface area contributed by atoms with E-state index >= 15 is 0 Å². The Morgan fingerprint density at radius 1 is 1.52 bits per heavy atom. The molecule has 4 N–H and O–H groups in total. The summed E-state index contributed by atoms with van der Waals surface area (Å²) in [5, 5.41) is 4.89. The Kier molecular flexibility index (Phi) is 4.76. The van der Waals surface area contributed by atoms with Gasteiger partial charge in [-0.25, -0.2) is 9.86 Å². The van der Waals surface area contributed by atoms with Crippen LogP contribution < -0.4 is 15.3 Å². The fraction of sp³-hybridized carbons (Fsp3) is 0.500. The summed E-state index contributed by atoms with van der Waals surface area (Å²) in [6.07, 6.45) is 4.41. The second-order valence-corrected chi connectivity index (χ2v) is 6.45. The van der Waals surface area contributed by atoms with Crippen molar-refractivity contribution in [3.05, 3.63) is 34.2 Å². The standard InChI is InChI=1S/C12H18N4O4S/c13-21(19,20)15-6-9-2-1-5-16(8-9)12(18)10-7-14-4-3-11(10)17/h3-4,7,9,15H,1-2,5-6,8H2,(H,14,17)(H2,13,19,20). The van der Waals surface area contributed by atoms with Crippen LogP contribution in [-0.2, 0) is 10.2 Å². The summed E-state index contributed by atoms with van der Waals surface area (Å²) in [5.74, 6) is -0.346. The van der Waals surface area contributed by atoms with Gasteiger partial charge in [-0.3, -0.25) is 9.59 Å². The Morgan fingerprint density at radius 3 is 2.95 bits per heavy atom. The van der Waals surface area contributed by atoms with Gasteiger partial charge in [0.05, 0.1) is 0 Å². The van der Waals surface area contributed by atoms with Crippen LogP contribution in [-0.4, -0.2) is 43.8 Å². The molecule has 1 aliphatic heterocycles. The number of nitrogens with two attached hydrogens (primary N) is 1. The topological polar surface area (TPSA) is 125 Å². The maximum absolute atomic E-state index is 12.3. The first-order valence-corrected chi connectivity index (χ1v) is 8.15. The van der Waals surface area contributed by atoms with E-state index in [2.05, 4.69) is 9.71 Å². The lowest BCUT2D eigenvalue weighted by atomic mass is 9.98. The molecule has 0 spiro atoms. The van der Waals surface area contributed by atoms with E-state index in [1.54, 1.807) is 4.90 Å². The molecule has 1 aliphatic rings. The number of nitrogens with one attached hydrogen (secondary N) is 2. The summed E-state index contributed by atoms with van der Waals surface area (Å²) in [6, 6.07) is 1.30. The van der Waals surface area contributed by atoms with Crippen molar-refractivity contribution in [2.75, 3.05) is 19.6 Å². The average molecular weight is 314 g/mol. The molecule has 1 saturated heterocycles. The zero-order valence-electron chi connectivity index (χ0n) is 11.4. The molecule has 1 atom stereocenters. The van der Waals surface area contributed by atoms with Crippen LogP contribution in [0.25, 0.3) is 0 Å². The minimum atomic E-state index is -3.73. The molecule has 21 heavy (non-hydrogen) atoms. The van der Waals surface area contributed by atoms with Gasteiger partial charge in [0.2, 0.25) is 0 Å². The van der Waals surface area contributed by atoms with Gasteiger partial charge >= 0.3 is 0 Å². The normalized spacial score (nSPS) is 19.5. The number of hydrogen-bond donors (Lipinski definition) is 3. The van der Waals surface area contributed by atoms with Crippen molar-refractivity contribution in [3.63, 3.8) is 0 Å². The van der Waals surface area contributed by atoms with Gasteiger partial charge in [-0.05, 0) is 18.8 Å². The highest BCUT2D eigenvalue weighted by Gasteiger charge is 2.26. The fourth-order valence-electron chi connectivity index (χ4n) is 2.40. The number of aromatic amines is 1. The number of amides is 1. The molecule has 0 bridgehead atoms. The quantitative estimate of drug-likeness (QED) is 0.660. The van der Waals surface area contributed by atoms with Crippen molar-refractivity contribution >= 4 is 16.1 Å². The third-order valence-corrected chi connectivity index (χ3v) is 4.00. The second kappa shape index (κ2) is 6.37. The molecule has 2 rings (SSSR count). The first kappa shape index (κ1) is 15.7. The van der Waals surface area contributed by atoms with Crippen LogP contribution in [0, 0.1) is 5.92 Å². The number of H-pyrrole nitrogens is 1. The van der Waals surface area contributed by atoms with E-state index in [9.17, 15) is 18.0 Å². The summed E-state index contributed by atoms with van der Waals surface area (Å²) in [5.41, 5.74) is -0.235. The maximum atomic E-state index is 12.3. The Bertz CT molecular complexity index is 670. The number of likely N-dealkylation sites (tertiary alicyclic amines) is 1. The van der Waals surface area contributed by atoms with E-state index in [1.165, 1.54) is 18.5 Å². The number of rotatable bonds is 4. The molecule has 8 nitrogen and oxygen atoms in total. The third kappa shape index (κ3) is 4.38. The van der Waals surface area contributed by atoms with Crippen molar-refractivity contribution in [1.29, 1.82) is 0 Å². The van der Waals surface area contributed by atoms with Crippen molar-refractivity contribution in [2.45, 2.75) is 12.8 Å². The molecule has 1 aromatic rings. The van der Waals surface area contributed by atoms with E-state index in [0.29, 0.717) is 13.1 Å². The van der Waals surface area contributed by atoms with Crippen molar-refractivity contribution < 1.29 is 13.2 Å². The Balaban J connectivity index is 2.02. The van der Waals surface area contributed by atoms with E-state index < -0.39 is 10.2 Å². The van der Waals surface area contributed by atoms with Crippen molar-refractivity contribution in [3.8, 4) is 0 Å². The molecule has 1 fully saturated rings. The number of carbonyl (C=O) groups is 1. The predicted molar refractivity (Wildman–Crippen MR) is 76.8 cm³/mol. The second-order valence-electron chi connectivity index (χ2n) is 5.08. The lowest BCUT2D eigenvalue weighted by molar-refractivity contribution is 0.0674. The molecular formula is C12H18N4O4S. The lowest BCUT2D eigenvalue weighted by Crippen LogP contribution is -2.45. The van der Waals surface area contributed by atoms with Gasteiger partial charge in [-0.2, -0.15) is 8.42 Å². The Morgan fingerprint density at radius 2 is 2.29 bits per heavy atom. The molecular weight excluding hydrogens is 296 g/mol. The van der Waals surface area contributed by atoms with E-state index in [4.69, 9.17) is 5.14 Å². The van der Waals surface area contributed by atoms with Gasteiger partial charge in [0.25, 0.3) is 16.1 Å². The average Bonchev–Trinajstić information content (AvgIpc) is 2.44. The molecule has 2 heterocycles. The minimum absolute atomic E-state index is 0.0104. The number of pyridine rings is 1. The first-order chi connectivity index (χ1) is 9.87. The van der Waals surface area contributed by atoms with Crippen LogP contribution in [0.4, 0.5) is 0 Å². The summed E-state index contributed by atoms with van der Waals surface area (Å²) in [7, 11) is -3.73. The number of nitrogens with zero attached hydrogens (tertiary/aromatic N) is 1. The highest BCUT2D eigenvalue weighted by atomic mass is 32.2. The number of aromatic nitrogens is 1. The SMILES string of the molecule is NS(=O)(=O)NCC1CCCN(C(=O)c2c[nH]ccc2=O)C1. The van der Waals surface area contributed by atoms with Gasteiger partial charge in [-0.1, -0.05) is 0 Å². The molecule has 0 aliphatic carbocycles. The van der Waals surface area contributed by atoms with Crippen LogP contribution in [0.1, 0.15) is 23.2 Å². The highest BCUT2D eigenvalue weighted by Crippen LogP contribution is 2.17. The Labute approximate surface area is 122 Å². The van der Waals surface area contributed by atoms with Crippen molar-refractivity contribution in [2.24, 2.45) is 11.1 Å². The number of hydrogen-bond acceptors (Lipinski definition) is 4. The van der Waals surface area contributed by atoms with Gasteiger partial charge < -0.3 is 9.88 Å². The highest BCUT2D eigenvalue weighted by molar-refractivity contribution is 7.87. The maximum Gasteiger partial charge on any atom is 0.274 e. The monoisotopic (exact) mass is 314 g/mol.